The fourth-order valence-electron chi connectivity index (χ4n) is 2.30. The average Bonchev–Trinajstić information content (AvgIpc) is 2.75. The number of nitrogens with zero attached hydrogens (tertiary/aromatic N) is 2. The molecule has 0 aliphatic heterocycles. The maximum atomic E-state index is 4.46. The van der Waals surface area contributed by atoms with Gasteiger partial charge in [0.15, 0.2) is 5.82 Å². The fraction of sp³-hybridized carbons (Fsp3) is 0.286. The molecule has 0 saturated carbocycles. The van der Waals surface area contributed by atoms with Gasteiger partial charge in [0, 0.05) is 17.5 Å². The Morgan fingerprint density at radius 2 is 1.94 bits per heavy atom. The van der Waals surface area contributed by atoms with E-state index in [0.717, 1.165) is 17.1 Å². The van der Waals surface area contributed by atoms with E-state index in [2.05, 4.69) is 28.2 Å². The van der Waals surface area contributed by atoms with E-state index in [9.17, 15) is 0 Å². The van der Waals surface area contributed by atoms with Crippen molar-refractivity contribution in [2.75, 3.05) is 0 Å². The van der Waals surface area contributed by atoms with Gasteiger partial charge in [0.25, 0.3) is 0 Å². The number of hydrogen-bond donors (Lipinski definition) is 0. The van der Waals surface area contributed by atoms with Crippen LogP contribution in [0.15, 0.2) is 30.5 Å². The standard InChI is InChI=1S/C14H14N2/c1-10-7-8-15-14(16-10)13-6-5-11-3-2-4-12(11)9-13/h5-9H,2-4H2,1H3. The largest absolute Gasteiger partial charge is 0.237 e. The second-order valence-electron chi connectivity index (χ2n) is 4.36. The van der Waals surface area contributed by atoms with E-state index in [-0.39, 0.29) is 0 Å². The Morgan fingerprint density at radius 1 is 1.06 bits per heavy atom. The van der Waals surface area contributed by atoms with Crippen LogP contribution in [0.4, 0.5) is 0 Å². The molecule has 1 aliphatic rings. The highest BCUT2D eigenvalue weighted by Gasteiger charge is 2.12. The summed E-state index contributed by atoms with van der Waals surface area (Å²) in [6, 6.07) is 8.54. The first kappa shape index (κ1) is 9.52. The molecule has 0 spiro atoms. The van der Waals surface area contributed by atoms with Crippen LogP contribution in [0.25, 0.3) is 11.4 Å². The van der Waals surface area contributed by atoms with E-state index >= 15 is 0 Å². The smallest absolute Gasteiger partial charge is 0.159 e. The van der Waals surface area contributed by atoms with Crippen LogP contribution in [0.1, 0.15) is 23.2 Å². The monoisotopic (exact) mass is 210 g/mol. The first-order valence-corrected chi connectivity index (χ1v) is 5.75. The third-order valence-corrected chi connectivity index (χ3v) is 3.15. The zero-order chi connectivity index (χ0) is 11.0. The van der Waals surface area contributed by atoms with Gasteiger partial charge in [-0.15, -0.1) is 0 Å². The predicted octanol–water partition coefficient (Wildman–Crippen LogP) is 2.94. The lowest BCUT2D eigenvalue weighted by Gasteiger charge is -2.04. The van der Waals surface area contributed by atoms with Crippen LogP contribution in [-0.4, -0.2) is 9.97 Å². The number of fused-ring (bicyclic) bond motifs is 1. The van der Waals surface area contributed by atoms with Crippen molar-refractivity contribution in [3.63, 3.8) is 0 Å². The molecule has 0 bridgehead atoms. The molecule has 0 fully saturated rings. The number of rotatable bonds is 1. The molecule has 0 amide bonds. The third-order valence-electron chi connectivity index (χ3n) is 3.15. The molecule has 80 valence electrons. The highest BCUT2D eigenvalue weighted by molar-refractivity contribution is 5.58. The van der Waals surface area contributed by atoms with E-state index in [1.165, 1.54) is 30.4 Å². The molecule has 0 saturated heterocycles. The summed E-state index contributed by atoms with van der Waals surface area (Å²) in [4.78, 5) is 8.78. The Hall–Kier alpha value is -1.70. The van der Waals surface area contributed by atoms with Crippen LogP contribution in [-0.2, 0) is 12.8 Å². The Labute approximate surface area is 95.4 Å². The summed E-state index contributed by atoms with van der Waals surface area (Å²) in [5.41, 5.74) is 5.13. The van der Waals surface area contributed by atoms with Gasteiger partial charge in [-0.1, -0.05) is 12.1 Å². The second-order valence-corrected chi connectivity index (χ2v) is 4.36. The van der Waals surface area contributed by atoms with E-state index in [1.54, 1.807) is 0 Å². The van der Waals surface area contributed by atoms with Gasteiger partial charge in [0.05, 0.1) is 0 Å². The average molecular weight is 210 g/mol. The van der Waals surface area contributed by atoms with Gasteiger partial charge in [-0.3, -0.25) is 0 Å². The normalized spacial score (nSPS) is 13.8. The minimum atomic E-state index is 0.842. The summed E-state index contributed by atoms with van der Waals surface area (Å²) in [5.74, 6) is 0.842. The highest BCUT2D eigenvalue weighted by atomic mass is 14.9. The molecule has 2 heteroatoms. The Balaban J connectivity index is 2.07. The van der Waals surface area contributed by atoms with Gasteiger partial charge in [0.1, 0.15) is 0 Å². The first-order chi connectivity index (χ1) is 7.83. The molecular formula is C14H14N2. The lowest BCUT2D eigenvalue weighted by Crippen LogP contribution is -1.92. The molecule has 16 heavy (non-hydrogen) atoms. The number of hydrogen-bond acceptors (Lipinski definition) is 2. The van der Waals surface area contributed by atoms with Gasteiger partial charge < -0.3 is 0 Å². The molecule has 1 aromatic heterocycles. The van der Waals surface area contributed by atoms with Crippen LogP contribution in [0.5, 0.6) is 0 Å². The van der Waals surface area contributed by atoms with Gasteiger partial charge >= 0.3 is 0 Å². The zero-order valence-electron chi connectivity index (χ0n) is 9.40. The lowest BCUT2D eigenvalue weighted by molar-refractivity contribution is 0.912. The Bertz CT molecular complexity index is 532. The number of benzene rings is 1. The molecular weight excluding hydrogens is 196 g/mol. The van der Waals surface area contributed by atoms with Gasteiger partial charge in [0.2, 0.25) is 0 Å². The van der Waals surface area contributed by atoms with Crippen molar-refractivity contribution in [2.45, 2.75) is 26.2 Å². The number of aryl methyl sites for hydroxylation is 3. The predicted molar refractivity (Wildman–Crippen MR) is 64.2 cm³/mol. The van der Waals surface area contributed by atoms with Crippen LogP contribution in [0, 0.1) is 6.92 Å². The van der Waals surface area contributed by atoms with Crippen molar-refractivity contribution in [3.8, 4) is 11.4 Å². The Morgan fingerprint density at radius 3 is 2.81 bits per heavy atom. The molecule has 0 unspecified atom stereocenters. The van der Waals surface area contributed by atoms with Crippen LogP contribution in [0.3, 0.4) is 0 Å². The summed E-state index contributed by atoms with van der Waals surface area (Å²) in [6.07, 6.45) is 5.54. The fourth-order valence-corrected chi connectivity index (χ4v) is 2.30. The highest BCUT2D eigenvalue weighted by Crippen LogP contribution is 2.26. The van der Waals surface area contributed by atoms with Gasteiger partial charge in [-0.25, -0.2) is 9.97 Å². The van der Waals surface area contributed by atoms with Crippen LogP contribution < -0.4 is 0 Å². The SMILES string of the molecule is Cc1ccnc(-c2ccc3c(c2)CCC3)n1. The van der Waals surface area contributed by atoms with Crippen LogP contribution in [0.2, 0.25) is 0 Å². The van der Waals surface area contributed by atoms with E-state index in [0.29, 0.717) is 0 Å². The van der Waals surface area contributed by atoms with Crippen molar-refractivity contribution >= 4 is 0 Å². The van der Waals surface area contributed by atoms with E-state index in [1.807, 2.05) is 19.2 Å². The van der Waals surface area contributed by atoms with Crippen molar-refractivity contribution in [1.82, 2.24) is 9.97 Å². The maximum absolute atomic E-state index is 4.46. The lowest BCUT2D eigenvalue weighted by atomic mass is 10.1. The van der Waals surface area contributed by atoms with Gasteiger partial charge in [-0.05, 0) is 49.4 Å². The second kappa shape index (κ2) is 3.71. The summed E-state index contributed by atoms with van der Waals surface area (Å²) in [6.45, 7) is 2.00. The van der Waals surface area contributed by atoms with E-state index < -0.39 is 0 Å². The summed E-state index contributed by atoms with van der Waals surface area (Å²) in [5, 5.41) is 0. The molecule has 0 N–H and O–H groups in total. The molecule has 1 aliphatic carbocycles. The van der Waals surface area contributed by atoms with Crippen molar-refractivity contribution in [3.05, 3.63) is 47.3 Å². The summed E-state index contributed by atoms with van der Waals surface area (Å²) < 4.78 is 0. The zero-order valence-corrected chi connectivity index (χ0v) is 9.40. The minimum Gasteiger partial charge on any atom is -0.237 e. The maximum Gasteiger partial charge on any atom is 0.159 e. The molecule has 2 aromatic rings. The third kappa shape index (κ3) is 1.60. The molecule has 1 heterocycles. The molecule has 0 atom stereocenters. The molecule has 0 radical (unpaired) electrons. The summed E-state index contributed by atoms with van der Waals surface area (Å²) >= 11 is 0. The van der Waals surface area contributed by atoms with Crippen LogP contribution >= 0.6 is 0 Å². The molecule has 3 rings (SSSR count). The van der Waals surface area contributed by atoms with E-state index in [4.69, 9.17) is 0 Å². The van der Waals surface area contributed by atoms with Crippen molar-refractivity contribution in [1.29, 1.82) is 0 Å². The molecule has 1 aromatic carbocycles. The minimum absolute atomic E-state index is 0.842. The number of aromatic nitrogens is 2. The van der Waals surface area contributed by atoms with Crippen molar-refractivity contribution < 1.29 is 0 Å². The molecule has 2 nitrogen and oxygen atoms in total. The topological polar surface area (TPSA) is 25.8 Å². The Kier molecular flexibility index (Phi) is 2.21. The van der Waals surface area contributed by atoms with Crippen molar-refractivity contribution in [2.24, 2.45) is 0 Å². The summed E-state index contributed by atoms with van der Waals surface area (Å²) in [7, 11) is 0. The quantitative estimate of drug-likeness (QED) is 0.723. The van der Waals surface area contributed by atoms with Gasteiger partial charge in [-0.2, -0.15) is 0 Å². The first-order valence-electron chi connectivity index (χ1n) is 5.75.